The van der Waals surface area contributed by atoms with Gasteiger partial charge in [-0.2, -0.15) is 0 Å². The maximum atomic E-state index is 9.01. The van der Waals surface area contributed by atoms with Crippen LogP contribution in [-0.4, -0.2) is 30.2 Å². The predicted octanol–water partition coefficient (Wildman–Crippen LogP) is 0.519. The second kappa shape index (κ2) is 3.32. The van der Waals surface area contributed by atoms with Crippen LogP contribution in [0.15, 0.2) is 0 Å². The minimum Gasteiger partial charge on any atom is -0.391 e. The highest BCUT2D eigenvalue weighted by atomic mass is 16.7. The third-order valence-corrected chi connectivity index (χ3v) is 1.36. The molecule has 0 spiro atoms. The van der Waals surface area contributed by atoms with Gasteiger partial charge in [-0.1, -0.05) is 0 Å². The van der Waals surface area contributed by atoms with Crippen LogP contribution in [0.4, 0.5) is 0 Å². The first kappa shape index (κ1) is 7.98. The van der Waals surface area contributed by atoms with Gasteiger partial charge in [-0.3, -0.25) is 0 Å². The monoisotopic (exact) mass is 146 g/mol. The van der Waals surface area contributed by atoms with E-state index in [1.54, 1.807) is 0 Å². The highest BCUT2D eigenvalue weighted by molar-refractivity contribution is 4.65. The molecule has 0 amide bonds. The Labute approximate surface area is 60.9 Å². The van der Waals surface area contributed by atoms with Crippen molar-refractivity contribution in [3.05, 3.63) is 0 Å². The van der Waals surface area contributed by atoms with Crippen molar-refractivity contribution in [3.8, 4) is 0 Å². The molecule has 0 aliphatic carbocycles. The van der Waals surface area contributed by atoms with E-state index in [1.807, 2.05) is 13.8 Å². The molecule has 3 nitrogen and oxygen atoms in total. The lowest BCUT2D eigenvalue weighted by molar-refractivity contribution is -0.134. The topological polar surface area (TPSA) is 38.7 Å². The first-order valence-corrected chi connectivity index (χ1v) is 3.63. The van der Waals surface area contributed by atoms with Gasteiger partial charge in [0.2, 0.25) is 0 Å². The molecule has 2 atom stereocenters. The predicted molar refractivity (Wildman–Crippen MR) is 36.6 cm³/mol. The molecule has 0 aromatic rings. The van der Waals surface area contributed by atoms with Crippen molar-refractivity contribution in [2.45, 2.75) is 38.8 Å². The fourth-order valence-electron chi connectivity index (χ4n) is 0.975. The van der Waals surface area contributed by atoms with Gasteiger partial charge >= 0.3 is 0 Å². The van der Waals surface area contributed by atoms with E-state index in [-0.39, 0.29) is 18.5 Å². The zero-order valence-corrected chi connectivity index (χ0v) is 6.41. The second-order valence-electron chi connectivity index (χ2n) is 2.84. The molecule has 1 aliphatic heterocycles. The van der Waals surface area contributed by atoms with E-state index in [4.69, 9.17) is 14.6 Å². The SMILES string of the molecule is CC(C)OC1CC(O)CO1. The summed E-state index contributed by atoms with van der Waals surface area (Å²) in [6.07, 6.45) is 0.270. The van der Waals surface area contributed by atoms with E-state index in [9.17, 15) is 0 Å². The molecule has 0 radical (unpaired) electrons. The first-order valence-electron chi connectivity index (χ1n) is 3.63. The van der Waals surface area contributed by atoms with Crippen molar-refractivity contribution in [3.63, 3.8) is 0 Å². The van der Waals surface area contributed by atoms with Crippen LogP contribution in [0.1, 0.15) is 20.3 Å². The van der Waals surface area contributed by atoms with E-state index in [1.165, 1.54) is 0 Å². The molecule has 1 heterocycles. The summed E-state index contributed by atoms with van der Waals surface area (Å²) < 4.78 is 10.4. The Kier molecular flexibility index (Phi) is 2.65. The average molecular weight is 146 g/mol. The molecule has 0 saturated carbocycles. The molecule has 1 rings (SSSR count). The van der Waals surface area contributed by atoms with E-state index < -0.39 is 0 Å². The molecule has 0 aromatic heterocycles. The summed E-state index contributed by atoms with van der Waals surface area (Å²) in [5.74, 6) is 0. The normalized spacial score (nSPS) is 33.6. The number of aliphatic hydroxyl groups excluding tert-OH is 1. The fraction of sp³-hybridized carbons (Fsp3) is 1.00. The Hall–Kier alpha value is -0.120. The molecule has 3 heteroatoms. The van der Waals surface area contributed by atoms with E-state index >= 15 is 0 Å². The Morgan fingerprint density at radius 3 is 2.70 bits per heavy atom. The van der Waals surface area contributed by atoms with Crippen LogP contribution in [0.3, 0.4) is 0 Å². The van der Waals surface area contributed by atoms with Crippen LogP contribution in [-0.2, 0) is 9.47 Å². The van der Waals surface area contributed by atoms with E-state index in [2.05, 4.69) is 0 Å². The molecule has 2 unspecified atom stereocenters. The van der Waals surface area contributed by atoms with Crippen LogP contribution in [0.2, 0.25) is 0 Å². The van der Waals surface area contributed by atoms with Gasteiger partial charge in [0.25, 0.3) is 0 Å². The molecule has 10 heavy (non-hydrogen) atoms. The van der Waals surface area contributed by atoms with Gasteiger partial charge in [-0.05, 0) is 13.8 Å². The van der Waals surface area contributed by atoms with Gasteiger partial charge in [0.1, 0.15) is 0 Å². The molecule has 1 saturated heterocycles. The van der Waals surface area contributed by atoms with Crippen molar-refractivity contribution in [1.82, 2.24) is 0 Å². The number of hydrogen-bond acceptors (Lipinski definition) is 3. The van der Waals surface area contributed by atoms with Gasteiger partial charge in [-0.15, -0.1) is 0 Å². The van der Waals surface area contributed by atoms with Crippen molar-refractivity contribution in [2.75, 3.05) is 6.61 Å². The van der Waals surface area contributed by atoms with Crippen molar-refractivity contribution >= 4 is 0 Å². The summed E-state index contributed by atoms with van der Waals surface area (Å²) in [7, 11) is 0. The van der Waals surface area contributed by atoms with Crippen LogP contribution in [0.25, 0.3) is 0 Å². The van der Waals surface area contributed by atoms with Crippen molar-refractivity contribution in [1.29, 1.82) is 0 Å². The number of rotatable bonds is 2. The summed E-state index contributed by atoms with van der Waals surface area (Å²) in [4.78, 5) is 0. The summed E-state index contributed by atoms with van der Waals surface area (Å²) in [5, 5.41) is 9.01. The molecule has 60 valence electrons. The second-order valence-corrected chi connectivity index (χ2v) is 2.84. The zero-order chi connectivity index (χ0) is 7.56. The van der Waals surface area contributed by atoms with Crippen LogP contribution in [0.5, 0.6) is 0 Å². The summed E-state index contributed by atoms with van der Waals surface area (Å²) in [6.45, 7) is 4.32. The standard InChI is InChI=1S/C7H14O3/c1-5(2)10-7-3-6(8)4-9-7/h5-8H,3-4H2,1-2H3. The van der Waals surface area contributed by atoms with Gasteiger partial charge in [0, 0.05) is 6.42 Å². The molecule has 1 fully saturated rings. The number of aliphatic hydroxyl groups is 1. The Morgan fingerprint density at radius 2 is 2.30 bits per heavy atom. The minimum absolute atomic E-state index is 0.176. The quantitative estimate of drug-likeness (QED) is 0.617. The van der Waals surface area contributed by atoms with Crippen molar-refractivity contribution < 1.29 is 14.6 Å². The lowest BCUT2D eigenvalue weighted by atomic mass is 10.3. The lowest BCUT2D eigenvalue weighted by Crippen LogP contribution is -2.16. The Balaban J connectivity index is 2.18. The van der Waals surface area contributed by atoms with E-state index in [0.717, 1.165) is 0 Å². The third kappa shape index (κ3) is 2.25. The maximum absolute atomic E-state index is 9.01. The maximum Gasteiger partial charge on any atom is 0.160 e. The van der Waals surface area contributed by atoms with Gasteiger partial charge in [0.05, 0.1) is 18.8 Å². The van der Waals surface area contributed by atoms with Gasteiger partial charge < -0.3 is 14.6 Å². The van der Waals surface area contributed by atoms with Crippen LogP contribution < -0.4 is 0 Å². The largest absolute Gasteiger partial charge is 0.391 e. The highest BCUT2D eigenvalue weighted by Gasteiger charge is 2.24. The highest BCUT2D eigenvalue weighted by Crippen LogP contribution is 2.15. The van der Waals surface area contributed by atoms with E-state index in [0.29, 0.717) is 13.0 Å². The third-order valence-electron chi connectivity index (χ3n) is 1.36. The zero-order valence-electron chi connectivity index (χ0n) is 6.41. The summed E-state index contributed by atoms with van der Waals surface area (Å²) >= 11 is 0. The van der Waals surface area contributed by atoms with Gasteiger partial charge in [0.15, 0.2) is 6.29 Å². The summed E-state index contributed by atoms with van der Waals surface area (Å²) in [6, 6.07) is 0. The first-order chi connectivity index (χ1) is 4.68. The smallest absolute Gasteiger partial charge is 0.160 e. The Bertz CT molecular complexity index is 103. The number of hydrogen-bond donors (Lipinski definition) is 1. The molecular weight excluding hydrogens is 132 g/mol. The fourth-order valence-corrected chi connectivity index (χ4v) is 0.975. The molecule has 1 N–H and O–H groups in total. The average Bonchev–Trinajstić information content (AvgIpc) is 2.13. The van der Waals surface area contributed by atoms with Crippen molar-refractivity contribution in [2.24, 2.45) is 0 Å². The lowest BCUT2D eigenvalue weighted by Gasteiger charge is -2.13. The Morgan fingerprint density at radius 1 is 1.60 bits per heavy atom. The molecule has 0 aromatic carbocycles. The molecular formula is C7H14O3. The molecule has 1 aliphatic rings. The summed E-state index contributed by atoms with van der Waals surface area (Å²) in [5.41, 5.74) is 0. The van der Waals surface area contributed by atoms with Crippen LogP contribution in [0, 0.1) is 0 Å². The van der Waals surface area contributed by atoms with Gasteiger partial charge in [-0.25, -0.2) is 0 Å². The molecule has 0 bridgehead atoms. The minimum atomic E-state index is -0.330. The van der Waals surface area contributed by atoms with Crippen LogP contribution >= 0.6 is 0 Å². The number of ether oxygens (including phenoxy) is 2.